The normalized spacial score (nSPS) is 12.5. The lowest BCUT2D eigenvalue weighted by molar-refractivity contribution is -0.139. The van der Waals surface area contributed by atoms with Crippen molar-refractivity contribution in [2.45, 2.75) is 24.7 Å². The van der Waals surface area contributed by atoms with E-state index in [1.165, 1.54) is 0 Å². The zero-order valence-corrected chi connectivity index (χ0v) is 23.4. The summed E-state index contributed by atoms with van der Waals surface area (Å²) in [4.78, 5) is 25.3. The maximum atomic E-state index is 14.2. The summed E-state index contributed by atoms with van der Waals surface area (Å²) < 4.78 is 166. The number of halogens is 12. The highest BCUT2D eigenvalue weighted by molar-refractivity contribution is 6.06. The minimum atomic E-state index is -5.38. The maximum Gasteiger partial charge on any atom is 0.417 e. The van der Waals surface area contributed by atoms with Gasteiger partial charge in [-0.2, -0.15) is 52.7 Å². The van der Waals surface area contributed by atoms with Gasteiger partial charge in [0, 0.05) is 22.7 Å². The van der Waals surface area contributed by atoms with Gasteiger partial charge in [-0.1, -0.05) is 12.1 Å². The molecule has 4 aromatic carbocycles. The zero-order valence-electron chi connectivity index (χ0n) is 23.4. The molecule has 6 N–H and O–H groups in total. The van der Waals surface area contributed by atoms with Crippen LogP contribution >= 0.6 is 0 Å². The van der Waals surface area contributed by atoms with E-state index in [1.807, 2.05) is 10.6 Å². The maximum absolute atomic E-state index is 14.2. The van der Waals surface area contributed by atoms with Crippen LogP contribution in [0, 0.1) is 0 Å². The van der Waals surface area contributed by atoms with Gasteiger partial charge in [-0.05, 0) is 71.8 Å². The Morgan fingerprint density at radius 1 is 0.438 bits per heavy atom. The first-order chi connectivity index (χ1) is 22.0. The predicted octanol–water partition coefficient (Wildman–Crippen LogP) is 9.10. The van der Waals surface area contributed by atoms with Crippen molar-refractivity contribution in [2.24, 2.45) is 0 Å². The lowest BCUT2D eigenvalue weighted by Crippen LogP contribution is -2.20. The van der Waals surface area contributed by atoms with Crippen molar-refractivity contribution in [1.29, 1.82) is 0 Å². The Morgan fingerprint density at radius 3 is 1.04 bits per heavy atom. The molecule has 0 aliphatic heterocycles. The van der Waals surface area contributed by atoms with E-state index >= 15 is 0 Å². The molecule has 0 fully saturated rings. The summed E-state index contributed by atoms with van der Waals surface area (Å²) >= 11 is 0. The Morgan fingerprint density at radius 2 is 0.750 bits per heavy atom. The first-order valence-corrected chi connectivity index (χ1v) is 13.0. The molecule has 0 unspecified atom stereocenters. The molecule has 18 heteroatoms. The van der Waals surface area contributed by atoms with Gasteiger partial charge in [0.2, 0.25) is 0 Å². The van der Waals surface area contributed by atoms with Crippen LogP contribution in [0.25, 0.3) is 11.1 Å². The number of nitrogens with two attached hydrogens (primary N) is 2. The van der Waals surface area contributed by atoms with Crippen LogP contribution in [0.2, 0.25) is 0 Å². The number of rotatable bonds is 5. The van der Waals surface area contributed by atoms with E-state index in [2.05, 4.69) is 0 Å². The first kappa shape index (κ1) is 35.4. The number of amides is 2. The van der Waals surface area contributed by atoms with Crippen LogP contribution in [0.3, 0.4) is 0 Å². The van der Waals surface area contributed by atoms with Gasteiger partial charge in [-0.3, -0.25) is 9.59 Å². The summed E-state index contributed by atoms with van der Waals surface area (Å²) in [5, 5.41) is 3.71. The highest BCUT2D eigenvalue weighted by Gasteiger charge is 2.40. The van der Waals surface area contributed by atoms with Crippen LogP contribution in [0.5, 0.6) is 0 Å². The second-order valence-electron chi connectivity index (χ2n) is 10.0. The Bertz CT molecular complexity index is 1760. The summed E-state index contributed by atoms with van der Waals surface area (Å²) in [5.41, 5.74) is -2.20. The molecule has 0 aliphatic carbocycles. The third-order valence-electron chi connectivity index (χ3n) is 6.64. The number of carbonyl (C=O) groups excluding carboxylic acids is 2. The fourth-order valence-electron chi connectivity index (χ4n) is 4.57. The third kappa shape index (κ3) is 7.75. The molecule has 0 heterocycles. The minimum absolute atomic E-state index is 0.202. The van der Waals surface area contributed by atoms with Gasteiger partial charge in [-0.15, -0.1) is 0 Å². The second kappa shape index (κ2) is 12.3. The fraction of sp³-hybridized carbons (Fsp3) is 0.133. The third-order valence-corrected chi connectivity index (χ3v) is 6.64. The van der Waals surface area contributed by atoms with E-state index < -0.39 is 92.4 Å². The summed E-state index contributed by atoms with van der Waals surface area (Å²) in [6.45, 7) is 0. The molecule has 0 radical (unpaired) electrons. The van der Waals surface area contributed by atoms with E-state index in [4.69, 9.17) is 11.5 Å². The van der Waals surface area contributed by atoms with E-state index in [-0.39, 0.29) is 23.5 Å². The second-order valence-corrected chi connectivity index (χ2v) is 10.0. The van der Waals surface area contributed by atoms with Crippen LogP contribution < -0.4 is 22.1 Å². The summed E-state index contributed by atoms with van der Waals surface area (Å²) in [6, 6.07) is 6.96. The average Bonchev–Trinajstić information content (AvgIpc) is 2.95. The summed E-state index contributed by atoms with van der Waals surface area (Å²) in [6.07, 6.45) is -20.9. The summed E-state index contributed by atoms with van der Waals surface area (Å²) in [5.74, 6) is -3.01. The average molecular weight is 694 g/mol. The molecule has 0 atom stereocenters. The van der Waals surface area contributed by atoms with E-state index in [9.17, 15) is 62.3 Å². The summed E-state index contributed by atoms with van der Waals surface area (Å²) in [7, 11) is 0. The molecular formula is C30H18F12N4O2. The molecule has 4 aromatic rings. The van der Waals surface area contributed by atoms with Gasteiger partial charge in [0.25, 0.3) is 11.8 Å². The van der Waals surface area contributed by atoms with E-state index in [1.54, 1.807) is 0 Å². The minimum Gasteiger partial charge on any atom is -0.399 e. The molecule has 0 aliphatic rings. The van der Waals surface area contributed by atoms with Crippen LogP contribution in [0.4, 0.5) is 75.4 Å². The van der Waals surface area contributed by atoms with Crippen molar-refractivity contribution in [2.75, 3.05) is 22.1 Å². The number of benzene rings is 4. The topological polar surface area (TPSA) is 110 Å². The van der Waals surface area contributed by atoms with Gasteiger partial charge in [0.15, 0.2) is 0 Å². The lowest BCUT2D eigenvalue weighted by Gasteiger charge is -2.20. The first-order valence-electron chi connectivity index (χ1n) is 13.0. The van der Waals surface area contributed by atoms with E-state index in [0.29, 0.717) is 48.5 Å². The number of hydrogen-bond donors (Lipinski definition) is 4. The fourth-order valence-corrected chi connectivity index (χ4v) is 4.57. The van der Waals surface area contributed by atoms with E-state index in [0.717, 1.165) is 12.1 Å². The Hall–Kier alpha value is -5.42. The standard InChI is InChI=1S/C30H18F12N4O2/c31-27(32,33)21-9-13(43)1-5-19(21)25(47)45-15-3-7-17(23(11-15)29(37,38)39)18-8-4-16(12-24(18)30(40,41)42)46-26(48)20-6-2-14(44)10-22(20)28(34,35)36/h1-12H,43-44H2,(H,45,47)(H,46,48). The Kier molecular flexibility index (Phi) is 9.09. The highest BCUT2D eigenvalue weighted by atomic mass is 19.4. The molecule has 4 rings (SSSR count). The number of nitrogen functional groups attached to an aromatic ring is 2. The van der Waals surface area contributed by atoms with Crippen LogP contribution in [-0.4, -0.2) is 11.8 Å². The molecule has 2 amide bonds. The van der Waals surface area contributed by atoms with Crippen molar-refractivity contribution in [3.05, 3.63) is 106 Å². The van der Waals surface area contributed by atoms with Gasteiger partial charge in [0.1, 0.15) is 0 Å². The lowest BCUT2D eigenvalue weighted by atomic mass is 9.93. The van der Waals surface area contributed by atoms with Crippen molar-refractivity contribution < 1.29 is 62.3 Å². The number of anilines is 4. The highest BCUT2D eigenvalue weighted by Crippen LogP contribution is 2.45. The van der Waals surface area contributed by atoms with Crippen molar-refractivity contribution in [3.63, 3.8) is 0 Å². The van der Waals surface area contributed by atoms with Gasteiger partial charge < -0.3 is 22.1 Å². The van der Waals surface area contributed by atoms with Gasteiger partial charge in [-0.25, -0.2) is 0 Å². The molecule has 6 nitrogen and oxygen atoms in total. The predicted molar refractivity (Wildman–Crippen MR) is 150 cm³/mol. The number of alkyl halides is 12. The molecule has 48 heavy (non-hydrogen) atoms. The molecule has 0 spiro atoms. The largest absolute Gasteiger partial charge is 0.417 e. The number of nitrogens with one attached hydrogen (secondary N) is 2. The van der Waals surface area contributed by atoms with Crippen LogP contribution in [-0.2, 0) is 24.7 Å². The smallest absolute Gasteiger partial charge is 0.399 e. The van der Waals surface area contributed by atoms with Crippen LogP contribution in [0.1, 0.15) is 43.0 Å². The number of carbonyl (C=O) groups is 2. The quantitative estimate of drug-likeness (QED) is 0.123. The molecular weight excluding hydrogens is 676 g/mol. The molecule has 0 aromatic heterocycles. The SMILES string of the molecule is Nc1ccc(C(=O)Nc2ccc(-c3ccc(NC(=O)c4ccc(N)cc4C(F)(F)F)cc3C(F)(F)F)c(C(F)(F)F)c2)c(C(F)(F)F)c1. The molecule has 0 saturated carbocycles. The zero-order chi connectivity index (χ0) is 36.0. The van der Waals surface area contributed by atoms with Crippen molar-refractivity contribution in [1.82, 2.24) is 0 Å². The van der Waals surface area contributed by atoms with Gasteiger partial charge >= 0.3 is 24.7 Å². The number of hydrogen-bond acceptors (Lipinski definition) is 4. The molecule has 0 saturated heterocycles. The van der Waals surface area contributed by atoms with Crippen molar-refractivity contribution >= 4 is 34.6 Å². The molecule has 254 valence electrons. The van der Waals surface area contributed by atoms with Crippen molar-refractivity contribution in [3.8, 4) is 11.1 Å². The monoisotopic (exact) mass is 694 g/mol. The van der Waals surface area contributed by atoms with Crippen LogP contribution in [0.15, 0.2) is 72.8 Å². The molecule has 0 bridgehead atoms. The van der Waals surface area contributed by atoms with Gasteiger partial charge in [0.05, 0.1) is 33.4 Å². The Balaban J connectivity index is 1.75. The Labute approximate surface area is 261 Å².